The second-order valence-electron chi connectivity index (χ2n) is 6.07. The van der Waals surface area contributed by atoms with E-state index in [4.69, 9.17) is 9.47 Å². The number of rotatable bonds is 9. The van der Waals surface area contributed by atoms with Crippen LogP contribution in [0.1, 0.15) is 31.9 Å². The summed E-state index contributed by atoms with van der Waals surface area (Å²) in [6.45, 7) is 11.4. The highest BCUT2D eigenvalue weighted by Crippen LogP contribution is 2.10. The van der Waals surface area contributed by atoms with Crippen LogP contribution in [0, 0.1) is 12.8 Å². The molecule has 1 aromatic carbocycles. The summed E-state index contributed by atoms with van der Waals surface area (Å²) in [6, 6.07) is 7.88. The van der Waals surface area contributed by atoms with Crippen molar-refractivity contribution >= 4 is 11.9 Å². The monoisotopic (exact) mass is 333 g/mol. The number of esters is 1. The van der Waals surface area contributed by atoms with E-state index in [1.54, 1.807) is 13.0 Å². The highest BCUT2D eigenvalue weighted by molar-refractivity contribution is 5.85. The molecule has 5 heteroatoms. The van der Waals surface area contributed by atoms with Crippen molar-refractivity contribution in [1.29, 1.82) is 0 Å². The van der Waals surface area contributed by atoms with Crippen LogP contribution < -0.4 is 5.32 Å². The number of benzene rings is 1. The van der Waals surface area contributed by atoms with Gasteiger partial charge in [-0.3, -0.25) is 4.79 Å². The molecule has 1 amide bonds. The van der Waals surface area contributed by atoms with Gasteiger partial charge in [0.15, 0.2) is 12.2 Å². The predicted molar refractivity (Wildman–Crippen MR) is 93.4 cm³/mol. The van der Waals surface area contributed by atoms with Crippen molar-refractivity contribution in [2.45, 2.75) is 46.4 Å². The minimum absolute atomic E-state index is 0.140. The van der Waals surface area contributed by atoms with Gasteiger partial charge in [0.25, 0.3) is 5.91 Å². The molecule has 0 radical (unpaired) electrons. The first-order chi connectivity index (χ1) is 11.3. The number of amides is 1. The number of carbonyl (C=O) groups excluding carboxylic acids is 2. The van der Waals surface area contributed by atoms with Gasteiger partial charge >= 0.3 is 5.97 Å². The lowest BCUT2D eigenvalue weighted by atomic mass is 10.1. The second-order valence-corrected chi connectivity index (χ2v) is 6.07. The fourth-order valence-electron chi connectivity index (χ4n) is 1.99. The van der Waals surface area contributed by atoms with Crippen LogP contribution in [0.15, 0.2) is 36.9 Å². The maximum absolute atomic E-state index is 12.4. The third-order valence-corrected chi connectivity index (χ3v) is 3.49. The van der Waals surface area contributed by atoms with Gasteiger partial charge in [-0.15, -0.1) is 6.58 Å². The van der Waals surface area contributed by atoms with Gasteiger partial charge in [0, 0.05) is 6.54 Å². The summed E-state index contributed by atoms with van der Waals surface area (Å²) >= 11 is 0. The molecule has 24 heavy (non-hydrogen) atoms. The summed E-state index contributed by atoms with van der Waals surface area (Å²) in [5, 5.41) is 2.81. The topological polar surface area (TPSA) is 64.6 Å². The van der Waals surface area contributed by atoms with Crippen molar-refractivity contribution in [2.75, 3.05) is 6.61 Å². The zero-order chi connectivity index (χ0) is 18.1. The third kappa shape index (κ3) is 6.54. The Bertz CT molecular complexity index is 551. The van der Waals surface area contributed by atoms with E-state index in [1.165, 1.54) is 0 Å². The highest BCUT2D eigenvalue weighted by Gasteiger charge is 2.28. The van der Waals surface area contributed by atoms with Gasteiger partial charge in [-0.05, 0) is 25.3 Å². The Morgan fingerprint density at radius 2 is 1.83 bits per heavy atom. The molecular weight excluding hydrogens is 306 g/mol. The largest absolute Gasteiger partial charge is 0.450 e. The van der Waals surface area contributed by atoms with Crippen LogP contribution in [0.4, 0.5) is 0 Å². The Morgan fingerprint density at radius 1 is 1.21 bits per heavy atom. The molecule has 0 bridgehead atoms. The van der Waals surface area contributed by atoms with Gasteiger partial charge in [0.05, 0.1) is 6.61 Å². The molecular formula is C19H27NO4. The Morgan fingerprint density at radius 3 is 2.38 bits per heavy atom. The van der Waals surface area contributed by atoms with Gasteiger partial charge in [-0.25, -0.2) is 4.79 Å². The molecule has 1 N–H and O–H groups in total. The lowest BCUT2D eigenvalue weighted by Gasteiger charge is -2.22. The van der Waals surface area contributed by atoms with Gasteiger partial charge in [0.1, 0.15) is 0 Å². The first-order valence-corrected chi connectivity index (χ1v) is 8.11. The molecule has 2 unspecified atom stereocenters. The Kier molecular flexibility index (Phi) is 8.19. The van der Waals surface area contributed by atoms with Gasteiger partial charge in [-0.2, -0.15) is 0 Å². The molecule has 0 aliphatic carbocycles. The molecule has 5 nitrogen and oxygen atoms in total. The van der Waals surface area contributed by atoms with Crippen molar-refractivity contribution in [3.05, 3.63) is 48.0 Å². The first-order valence-electron chi connectivity index (χ1n) is 8.11. The van der Waals surface area contributed by atoms with Crippen LogP contribution in [0.2, 0.25) is 0 Å². The van der Waals surface area contributed by atoms with Crippen LogP contribution in [0.25, 0.3) is 0 Å². The summed E-state index contributed by atoms with van der Waals surface area (Å²) in [7, 11) is 0. The molecule has 0 saturated heterocycles. The Balaban J connectivity index is 2.59. The van der Waals surface area contributed by atoms with Crippen molar-refractivity contribution in [3.8, 4) is 0 Å². The summed E-state index contributed by atoms with van der Waals surface area (Å²) < 4.78 is 10.6. The quantitative estimate of drug-likeness (QED) is 0.557. The van der Waals surface area contributed by atoms with Crippen molar-refractivity contribution < 1.29 is 19.1 Å². The number of hydrogen-bond acceptors (Lipinski definition) is 4. The standard InChI is InChI=1S/C19H27NO4/c1-6-11-23-15(5)19(22)24-17(13(2)3)18(21)20-12-16-9-7-14(4)8-10-16/h6-10,13,15,17H,1,11-12H2,2-5H3,(H,20,21). The zero-order valence-corrected chi connectivity index (χ0v) is 14.9. The van der Waals surface area contributed by atoms with Gasteiger partial charge in [-0.1, -0.05) is 49.8 Å². The van der Waals surface area contributed by atoms with Gasteiger partial charge < -0.3 is 14.8 Å². The first kappa shape index (κ1) is 19.9. The summed E-state index contributed by atoms with van der Waals surface area (Å²) in [6.07, 6.45) is -0.0373. The van der Waals surface area contributed by atoms with E-state index < -0.39 is 18.2 Å². The van der Waals surface area contributed by atoms with Crippen LogP contribution >= 0.6 is 0 Å². The van der Waals surface area contributed by atoms with E-state index in [1.807, 2.05) is 45.0 Å². The molecule has 1 aromatic rings. The average molecular weight is 333 g/mol. The summed E-state index contributed by atoms with van der Waals surface area (Å²) in [5.74, 6) is -1.01. The average Bonchev–Trinajstić information content (AvgIpc) is 2.56. The van der Waals surface area contributed by atoms with Crippen LogP contribution in [-0.4, -0.2) is 30.7 Å². The molecule has 132 valence electrons. The molecule has 0 spiro atoms. The number of hydrogen-bond donors (Lipinski definition) is 1. The van der Waals surface area contributed by atoms with Crippen molar-refractivity contribution in [1.82, 2.24) is 5.32 Å². The molecule has 0 aromatic heterocycles. The van der Waals surface area contributed by atoms with E-state index in [-0.39, 0.29) is 18.4 Å². The number of ether oxygens (including phenoxy) is 2. The normalized spacial score (nSPS) is 13.2. The minimum Gasteiger partial charge on any atom is -0.450 e. The van der Waals surface area contributed by atoms with Crippen LogP contribution in [0.5, 0.6) is 0 Å². The van der Waals surface area contributed by atoms with Crippen LogP contribution in [-0.2, 0) is 25.6 Å². The molecule has 0 aliphatic heterocycles. The van der Waals surface area contributed by atoms with E-state index in [2.05, 4.69) is 11.9 Å². The van der Waals surface area contributed by atoms with E-state index >= 15 is 0 Å². The molecule has 0 fully saturated rings. The molecule has 1 rings (SSSR count). The number of nitrogens with one attached hydrogen (secondary N) is 1. The molecule has 2 atom stereocenters. The third-order valence-electron chi connectivity index (χ3n) is 3.49. The minimum atomic E-state index is -0.849. The van der Waals surface area contributed by atoms with Crippen molar-refractivity contribution in [3.63, 3.8) is 0 Å². The fourth-order valence-corrected chi connectivity index (χ4v) is 1.99. The summed E-state index contributed by atoms with van der Waals surface area (Å²) in [4.78, 5) is 24.4. The smallest absolute Gasteiger partial charge is 0.335 e. The Hall–Kier alpha value is -2.14. The number of carbonyl (C=O) groups is 2. The van der Waals surface area contributed by atoms with E-state index in [9.17, 15) is 9.59 Å². The second kappa shape index (κ2) is 9.88. The summed E-state index contributed by atoms with van der Waals surface area (Å²) in [5.41, 5.74) is 2.15. The van der Waals surface area contributed by atoms with Crippen LogP contribution in [0.3, 0.4) is 0 Å². The maximum Gasteiger partial charge on any atom is 0.335 e. The van der Waals surface area contributed by atoms with Crippen molar-refractivity contribution in [2.24, 2.45) is 5.92 Å². The molecule has 0 heterocycles. The molecule has 0 aliphatic rings. The lowest BCUT2D eigenvalue weighted by molar-refractivity contribution is -0.168. The zero-order valence-electron chi connectivity index (χ0n) is 14.9. The SMILES string of the molecule is C=CCOC(C)C(=O)OC(C(=O)NCc1ccc(C)cc1)C(C)C. The molecule has 0 saturated carbocycles. The van der Waals surface area contributed by atoms with E-state index in [0.717, 1.165) is 11.1 Å². The predicted octanol–water partition coefficient (Wildman–Crippen LogP) is 2.77. The maximum atomic E-state index is 12.4. The fraction of sp³-hybridized carbons (Fsp3) is 0.474. The van der Waals surface area contributed by atoms with Gasteiger partial charge in [0.2, 0.25) is 0 Å². The van der Waals surface area contributed by atoms with E-state index in [0.29, 0.717) is 6.54 Å². The Labute approximate surface area is 144 Å². The lowest BCUT2D eigenvalue weighted by Crippen LogP contribution is -2.42. The number of aryl methyl sites for hydroxylation is 1. The highest BCUT2D eigenvalue weighted by atomic mass is 16.6.